The van der Waals surface area contributed by atoms with E-state index in [0.717, 1.165) is 6.42 Å². The molecule has 1 nitrogen and oxygen atoms in total. The molecule has 0 unspecified atom stereocenters. The van der Waals surface area contributed by atoms with Crippen LogP contribution in [0, 0.1) is 5.41 Å². The fraction of sp³-hybridized carbons (Fsp3) is 0.667. The summed E-state index contributed by atoms with van der Waals surface area (Å²) in [7, 11) is 2.11. The van der Waals surface area contributed by atoms with E-state index in [9.17, 15) is 0 Å². The topological polar surface area (TPSA) is 12.0 Å². The summed E-state index contributed by atoms with van der Waals surface area (Å²) in [5.41, 5.74) is 4.22. The van der Waals surface area contributed by atoms with Crippen molar-refractivity contribution >= 4 is 0 Å². The van der Waals surface area contributed by atoms with Crippen LogP contribution in [0.2, 0.25) is 0 Å². The number of hydrogen-bond acceptors (Lipinski definition) is 1. The van der Waals surface area contributed by atoms with E-state index >= 15 is 0 Å². The van der Waals surface area contributed by atoms with Gasteiger partial charge >= 0.3 is 0 Å². The van der Waals surface area contributed by atoms with E-state index in [1.807, 2.05) is 0 Å². The van der Waals surface area contributed by atoms with Gasteiger partial charge in [-0.15, -0.1) is 0 Å². The van der Waals surface area contributed by atoms with Gasteiger partial charge in [0.2, 0.25) is 0 Å². The van der Waals surface area contributed by atoms with Crippen molar-refractivity contribution in [1.29, 1.82) is 0 Å². The number of nitrogens with one attached hydrogen (secondary N) is 1. The van der Waals surface area contributed by atoms with E-state index in [2.05, 4.69) is 43.6 Å². The molecule has 0 atom stereocenters. The summed E-state index contributed by atoms with van der Waals surface area (Å²) < 4.78 is 0. The smallest absolute Gasteiger partial charge is 0.000482 e. The van der Waals surface area contributed by atoms with Gasteiger partial charge in [-0.05, 0) is 74.0 Å². The van der Waals surface area contributed by atoms with Gasteiger partial charge in [-0.1, -0.05) is 31.2 Å². The van der Waals surface area contributed by atoms with Gasteiger partial charge < -0.3 is 5.32 Å². The third kappa shape index (κ3) is 2.23. The number of fused-ring (bicyclic) bond motifs is 3. The Morgan fingerprint density at radius 2 is 1.53 bits per heavy atom. The number of benzene rings is 1. The van der Waals surface area contributed by atoms with Gasteiger partial charge in [-0.2, -0.15) is 0 Å². The second-order valence-electron chi connectivity index (χ2n) is 6.86. The lowest BCUT2D eigenvalue weighted by Gasteiger charge is -2.54. The van der Waals surface area contributed by atoms with Gasteiger partial charge in [0.15, 0.2) is 0 Å². The van der Waals surface area contributed by atoms with Gasteiger partial charge in [0.25, 0.3) is 0 Å². The fourth-order valence-corrected chi connectivity index (χ4v) is 4.43. The Hall–Kier alpha value is -0.820. The maximum atomic E-state index is 3.42. The first-order valence-corrected chi connectivity index (χ1v) is 7.96. The van der Waals surface area contributed by atoms with Crippen LogP contribution in [0.5, 0.6) is 0 Å². The number of hydrogen-bond donors (Lipinski definition) is 1. The first-order chi connectivity index (χ1) is 9.22. The molecule has 19 heavy (non-hydrogen) atoms. The summed E-state index contributed by atoms with van der Waals surface area (Å²) >= 11 is 0. The van der Waals surface area contributed by atoms with Crippen LogP contribution in [0.1, 0.15) is 56.6 Å². The van der Waals surface area contributed by atoms with Gasteiger partial charge in [-0.25, -0.2) is 0 Å². The average molecular weight is 257 g/mol. The quantitative estimate of drug-likeness (QED) is 0.857. The minimum Gasteiger partial charge on any atom is -0.319 e. The molecule has 0 radical (unpaired) electrons. The van der Waals surface area contributed by atoms with Crippen molar-refractivity contribution < 1.29 is 0 Å². The maximum absolute atomic E-state index is 3.42. The molecule has 3 saturated carbocycles. The highest BCUT2D eigenvalue weighted by Gasteiger charge is 2.48. The number of rotatable bonds is 4. The summed E-state index contributed by atoms with van der Waals surface area (Å²) in [5, 5.41) is 3.42. The zero-order chi connectivity index (χ0) is 13.3. The molecule has 3 fully saturated rings. The van der Waals surface area contributed by atoms with Crippen molar-refractivity contribution in [2.45, 2.75) is 57.3 Å². The molecule has 3 aliphatic carbocycles. The van der Waals surface area contributed by atoms with Gasteiger partial charge in [0.1, 0.15) is 0 Å². The molecule has 1 heteroatoms. The minimum atomic E-state index is 0.516. The monoisotopic (exact) mass is 257 g/mol. The van der Waals surface area contributed by atoms with E-state index in [4.69, 9.17) is 0 Å². The van der Waals surface area contributed by atoms with Crippen LogP contribution in [0.15, 0.2) is 24.3 Å². The summed E-state index contributed by atoms with van der Waals surface area (Å²) in [6.45, 7) is 3.46. The summed E-state index contributed by atoms with van der Waals surface area (Å²) in [6.07, 6.45) is 9.62. The molecule has 0 aromatic heterocycles. The lowest BCUT2D eigenvalue weighted by Crippen LogP contribution is -2.47. The predicted molar refractivity (Wildman–Crippen MR) is 81.6 cm³/mol. The molecule has 0 spiro atoms. The molecule has 0 aliphatic heterocycles. The molecule has 0 amide bonds. The minimum absolute atomic E-state index is 0.516. The maximum Gasteiger partial charge on any atom is 0.000482 e. The van der Waals surface area contributed by atoms with Gasteiger partial charge in [0, 0.05) is 6.54 Å². The van der Waals surface area contributed by atoms with Gasteiger partial charge in [0.05, 0.1) is 0 Å². The Labute approximate surface area is 117 Å². The Morgan fingerprint density at radius 3 is 2.00 bits per heavy atom. The molecule has 0 heterocycles. The van der Waals surface area contributed by atoms with Crippen LogP contribution < -0.4 is 5.32 Å². The van der Waals surface area contributed by atoms with Crippen LogP contribution >= 0.6 is 0 Å². The molecule has 104 valence electrons. The molecule has 2 bridgehead atoms. The zero-order valence-electron chi connectivity index (χ0n) is 12.5. The third-order valence-corrected chi connectivity index (χ3v) is 5.93. The third-order valence-electron chi connectivity index (χ3n) is 5.93. The Morgan fingerprint density at radius 1 is 0.947 bits per heavy atom. The van der Waals surface area contributed by atoms with Crippen molar-refractivity contribution in [3.05, 3.63) is 35.4 Å². The van der Waals surface area contributed by atoms with Crippen molar-refractivity contribution in [2.75, 3.05) is 13.6 Å². The SMILES string of the molecule is CCc1ccc(C23CCC(CNC)(CC2)CC3)cc1. The average Bonchev–Trinajstić information content (AvgIpc) is 2.49. The predicted octanol–water partition coefficient (Wildman–Crippen LogP) is 4.06. The summed E-state index contributed by atoms with van der Waals surface area (Å²) in [4.78, 5) is 0. The first kappa shape index (κ1) is 13.2. The Kier molecular flexibility index (Phi) is 3.42. The normalized spacial score (nSPS) is 33.6. The van der Waals surface area contributed by atoms with E-state index in [1.165, 1.54) is 50.6 Å². The van der Waals surface area contributed by atoms with Crippen molar-refractivity contribution in [3.8, 4) is 0 Å². The second-order valence-corrected chi connectivity index (χ2v) is 6.86. The second kappa shape index (κ2) is 4.94. The molecular formula is C18H27N. The molecular weight excluding hydrogens is 230 g/mol. The largest absolute Gasteiger partial charge is 0.319 e. The van der Waals surface area contributed by atoms with E-state index in [1.54, 1.807) is 5.56 Å². The first-order valence-electron chi connectivity index (χ1n) is 7.96. The molecule has 1 aromatic carbocycles. The lowest BCUT2D eigenvalue weighted by molar-refractivity contribution is 0.0415. The van der Waals surface area contributed by atoms with Gasteiger partial charge in [-0.3, -0.25) is 0 Å². The Balaban J connectivity index is 1.79. The number of aryl methyl sites for hydroxylation is 1. The van der Waals surface area contributed by atoms with E-state index in [0.29, 0.717) is 10.8 Å². The van der Waals surface area contributed by atoms with Crippen LogP contribution in [0.4, 0.5) is 0 Å². The molecule has 1 N–H and O–H groups in total. The molecule has 1 aromatic rings. The zero-order valence-corrected chi connectivity index (χ0v) is 12.5. The summed E-state index contributed by atoms with van der Waals surface area (Å²) in [6, 6.07) is 9.51. The highest BCUT2D eigenvalue weighted by Crippen LogP contribution is 2.57. The van der Waals surface area contributed by atoms with Crippen LogP contribution in [0.3, 0.4) is 0 Å². The highest BCUT2D eigenvalue weighted by atomic mass is 14.8. The van der Waals surface area contributed by atoms with Crippen molar-refractivity contribution in [3.63, 3.8) is 0 Å². The van der Waals surface area contributed by atoms with Crippen LogP contribution in [-0.4, -0.2) is 13.6 Å². The lowest BCUT2D eigenvalue weighted by atomic mass is 9.52. The van der Waals surface area contributed by atoms with Crippen molar-refractivity contribution in [1.82, 2.24) is 5.32 Å². The fourth-order valence-electron chi connectivity index (χ4n) is 4.43. The standard InChI is InChI=1S/C18H27N/c1-3-15-4-6-16(7-5-15)18-11-8-17(9-12-18,10-13-18)14-19-2/h4-7,19H,3,8-14H2,1-2H3. The molecule has 0 saturated heterocycles. The van der Waals surface area contributed by atoms with E-state index in [-0.39, 0.29) is 0 Å². The molecule has 4 rings (SSSR count). The van der Waals surface area contributed by atoms with Crippen LogP contribution in [0.25, 0.3) is 0 Å². The summed E-state index contributed by atoms with van der Waals surface area (Å²) in [5.74, 6) is 0. The van der Waals surface area contributed by atoms with Crippen LogP contribution in [-0.2, 0) is 11.8 Å². The Bertz CT molecular complexity index is 407. The highest BCUT2D eigenvalue weighted by molar-refractivity contribution is 5.31. The molecule has 3 aliphatic rings. The van der Waals surface area contributed by atoms with Crippen molar-refractivity contribution in [2.24, 2.45) is 5.41 Å². The van der Waals surface area contributed by atoms with E-state index < -0.39 is 0 Å².